The van der Waals surface area contributed by atoms with Gasteiger partial charge in [0.15, 0.2) is 5.82 Å². The van der Waals surface area contributed by atoms with Gasteiger partial charge in [-0.2, -0.15) is 18.3 Å². The molecule has 24 heavy (non-hydrogen) atoms. The van der Waals surface area contributed by atoms with Crippen LogP contribution in [0.4, 0.5) is 13.2 Å². The van der Waals surface area contributed by atoms with Crippen LogP contribution in [0.5, 0.6) is 0 Å². The Balaban J connectivity index is 2.19. The van der Waals surface area contributed by atoms with E-state index in [1.165, 1.54) is 16.4 Å². The van der Waals surface area contributed by atoms with Gasteiger partial charge in [0.1, 0.15) is 10.8 Å². The van der Waals surface area contributed by atoms with Crippen molar-refractivity contribution in [2.75, 3.05) is 5.75 Å². The molecule has 4 nitrogen and oxygen atoms in total. The van der Waals surface area contributed by atoms with Gasteiger partial charge in [0.05, 0.1) is 15.8 Å². The van der Waals surface area contributed by atoms with Crippen LogP contribution in [-0.2, 0) is 6.18 Å². The van der Waals surface area contributed by atoms with E-state index in [4.69, 9.17) is 11.6 Å². The number of halogens is 5. The summed E-state index contributed by atoms with van der Waals surface area (Å²) in [5.41, 5.74) is -0.900. The molecule has 0 aromatic carbocycles. The highest BCUT2D eigenvalue weighted by Gasteiger charge is 2.33. The third-order valence-electron chi connectivity index (χ3n) is 3.09. The molecule has 0 saturated heterocycles. The molecule has 0 spiro atoms. The first-order valence-corrected chi connectivity index (χ1v) is 8.87. The van der Waals surface area contributed by atoms with E-state index in [2.05, 4.69) is 31.0 Å². The topological polar surface area (TPSA) is 43.6 Å². The molecule has 3 heterocycles. The molecule has 0 bridgehead atoms. The van der Waals surface area contributed by atoms with Gasteiger partial charge in [-0.1, -0.05) is 18.5 Å². The maximum atomic E-state index is 12.8. The van der Waals surface area contributed by atoms with Crippen molar-refractivity contribution in [2.45, 2.75) is 18.0 Å². The van der Waals surface area contributed by atoms with E-state index in [0.717, 1.165) is 27.4 Å². The standard InChI is InChI=1S/C14H9BrClF3N4S/c1-2-24-10-3-7(15)5-21-13(10)23-12(16)8-6-20-11(14(17,18)19)4-9(8)22-23/h3-6H,2H2,1H3. The molecular weight excluding hydrogens is 429 g/mol. The van der Waals surface area contributed by atoms with Gasteiger partial charge < -0.3 is 0 Å². The van der Waals surface area contributed by atoms with E-state index >= 15 is 0 Å². The van der Waals surface area contributed by atoms with Crippen LogP contribution in [0.25, 0.3) is 16.7 Å². The van der Waals surface area contributed by atoms with Crippen LogP contribution in [0, 0.1) is 0 Å². The maximum absolute atomic E-state index is 12.8. The summed E-state index contributed by atoms with van der Waals surface area (Å²) >= 11 is 11.2. The van der Waals surface area contributed by atoms with Gasteiger partial charge in [0.25, 0.3) is 0 Å². The second-order valence-electron chi connectivity index (χ2n) is 4.70. The summed E-state index contributed by atoms with van der Waals surface area (Å²) in [5.74, 6) is 1.25. The van der Waals surface area contributed by atoms with Crippen molar-refractivity contribution in [3.63, 3.8) is 0 Å². The van der Waals surface area contributed by atoms with Gasteiger partial charge in [-0.05, 0) is 33.8 Å². The van der Waals surface area contributed by atoms with E-state index in [0.29, 0.717) is 11.2 Å². The second kappa shape index (κ2) is 6.53. The molecule has 0 amide bonds. The summed E-state index contributed by atoms with van der Waals surface area (Å²) in [6, 6.07) is 2.74. The van der Waals surface area contributed by atoms with Crippen LogP contribution >= 0.6 is 39.3 Å². The van der Waals surface area contributed by atoms with Gasteiger partial charge in [-0.3, -0.25) is 4.98 Å². The van der Waals surface area contributed by atoms with E-state index in [1.54, 1.807) is 6.20 Å². The Morgan fingerprint density at radius 3 is 2.67 bits per heavy atom. The van der Waals surface area contributed by atoms with Crippen LogP contribution in [0.15, 0.2) is 33.9 Å². The van der Waals surface area contributed by atoms with E-state index < -0.39 is 11.9 Å². The van der Waals surface area contributed by atoms with Crippen LogP contribution in [0.1, 0.15) is 12.6 Å². The number of hydrogen-bond donors (Lipinski definition) is 0. The minimum absolute atomic E-state index is 0.111. The number of pyridine rings is 2. The molecule has 0 fully saturated rings. The van der Waals surface area contributed by atoms with Crippen molar-refractivity contribution in [1.29, 1.82) is 0 Å². The SMILES string of the molecule is CCSc1cc(Br)cnc1-n1nc2cc(C(F)(F)F)ncc2c1Cl. The van der Waals surface area contributed by atoms with Gasteiger partial charge >= 0.3 is 6.18 Å². The molecule has 0 aliphatic rings. The molecule has 0 aliphatic carbocycles. The highest BCUT2D eigenvalue weighted by atomic mass is 79.9. The Labute approximate surface area is 152 Å². The van der Waals surface area contributed by atoms with E-state index in [9.17, 15) is 13.2 Å². The fourth-order valence-electron chi connectivity index (χ4n) is 2.08. The van der Waals surface area contributed by atoms with Gasteiger partial charge in [0, 0.05) is 16.9 Å². The zero-order valence-corrected chi connectivity index (χ0v) is 15.3. The molecule has 3 aromatic rings. The lowest BCUT2D eigenvalue weighted by Crippen LogP contribution is -2.07. The number of nitrogens with zero attached hydrogens (tertiary/aromatic N) is 4. The van der Waals surface area contributed by atoms with E-state index in [1.807, 2.05) is 13.0 Å². The normalized spacial score (nSPS) is 12.1. The summed E-state index contributed by atoms with van der Waals surface area (Å²) < 4.78 is 40.5. The lowest BCUT2D eigenvalue weighted by atomic mass is 10.3. The average Bonchev–Trinajstić information content (AvgIpc) is 2.83. The molecule has 3 aromatic heterocycles. The summed E-state index contributed by atoms with van der Waals surface area (Å²) in [4.78, 5) is 8.53. The lowest BCUT2D eigenvalue weighted by Gasteiger charge is -2.08. The third-order valence-corrected chi connectivity index (χ3v) is 4.79. The quantitative estimate of drug-likeness (QED) is 0.517. The first kappa shape index (κ1) is 17.5. The molecule has 10 heteroatoms. The van der Waals surface area contributed by atoms with Gasteiger partial charge in [-0.15, -0.1) is 11.8 Å². The summed E-state index contributed by atoms with van der Waals surface area (Å²) in [7, 11) is 0. The van der Waals surface area contributed by atoms with Crippen LogP contribution in [-0.4, -0.2) is 25.5 Å². The van der Waals surface area contributed by atoms with Crippen molar-refractivity contribution >= 4 is 50.2 Å². The van der Waals surface area contributed by atoms with Crippen LogP contribution < -0.4 is 0 Å². The Bertz CT molecular complexity index is 913. The zero-order chi connectivity index (χ0) is 17.5. The fraction of sp³-hybridized carbons (Fsp3) is 0.214. The van der Waals surface area contributed by atoms with Crippen LogP contribution in [0.2, 0.25) is 5.15 Å². The summed E-state index contributed by atoms with van der Waals surface area (Å²) in [6.07, 6.45) is -1.88. The number of aromatic nitrogens is 4. The molecule has 0 N–H and O–H groups in total. The van der Waals surface area contributed by atoms with Crippen LogP contribution in [0.3, 0.4) is 0 Å². The minimum atomic E-state index is -4.54. The Kier molecular flexibility index (Phi) is 4.76. The first-order chi connectivity index (χ1) is 11.3. The van der Waals surface area contributed by atoms with Crippen molar-refractivity contribution in [2.24, 2.45) is 0 Å². The minimum Gasteiger partial charge on any atom is -0.251 e. The third kappa shape index (κ3) is 3.25. The maximum Gasteiger partial charge on any atom is 0.433 e. The molecule has 0 aliphatic heterocycles. The molecule has 3 rings (SSSR count). The molecule has 0 atom stereocenters. The van der Waals surface area contributed by atoms with Crippen molar-refractivity contribution in [3.8, 4) is 5.82 Å². The highest BCUT2D eigenvalue weighted by molar-refractivity contribution is 9.10. The molecule has 0 saturated carbocycles. The molecule has 0 unspecified atom stereocenters. The number of thioether (sulfide) groups is 1. The lowest BCUT2D eigenvalue weighted by molar-refractivity contribution is -0.141. The highest BCUT2D eigenvalue weighted by Crippen LogP contribution is 2.34. The smallest absolute Gasteiger partial charge is 0.251 e. The predicted molar refractivity (Wildman–Crippen MR) is 90.8 cm³/mol. The number of alkyl halides is 3. The Morgan fingerprint density at radius 1 is 1.25 bits per heavy atom. The number of rotatable bonds is 3. The number of fused-ring (bicyclic) bond motifs is 1. The summed E-state index contributed by atoms with van der Waals surface area (Å²) in [6.45, 7) is 1.98. The van der Waals surface area contributed by atoms with Crippen molar-refractivity contribution < 1.29 is 13.2 Å². The largest absolute Gasteiger partial charge is 0.433 e. The number of hydrogen-bond acceptors (Lipinski definition) is 4. The van der Waals surface area contributed by atoms with Crippen molar-refractivity contribution in [1.82, 2.24) is 19.7 Å². The molecular formula is C14H9BrClF3N4S. The first-order valence-electron chi connectivity index (χ1n) is 6.71. The zero-order valence-electron chi connectivity index (χ0n) is 12.1. The Morgan fingerprint density at radius 2 is 2.00 bits per heavy atom. The van der Waals surface area contributed by atoms with Gasteiger partial charge in [0.2, 0.25) is 0 Å². The van der Waals surface area contributed by atoms with Gasteiger partial charge in [-0.25, -0.2) is 9.67 Å². The fourth-order valence-corrected chi connectivity index (χ4v) is 3.62. The predicted octanol–water partition coefficient (Wildman–Crippen LogP) is 5.36. The monoisotopic (exact) mass is 436 g/mol. The average molecular weight is 438 g/mol. The molecule has 0 radical (unpaired) electrons. The Hall–Kier alpha value is -1.32. The second-order valence-corrected chi connectivity index (χ2v) is 7.27. The summed E-state index contributed by atoms with van der Waals surface area (Å²) in [5, 5.41) is 4.68. The molecule has 126 valence electrons. The van der Waals surface area contributed by atoms with E-state index in [-0.39, 0.29) is 10.7 Å². The van der Waals surface area contributed by atoms with Crippen molar-refractivity contribution in [3.05, 3.63) is 39.8 Å².